The average molecular weight is 243 g/mol. The van der Waals surface area contributed by atoms with Crippen LogP contribution in [0.2, 0.25) is 0 Å². The third-order valence-electron chi connectivity index (χ3n) is 1.86. The number of nitrogens with one attached hydrogen (secondary N) is 1. The Morgan fingerprint density at radius 1 is 1.47 bits per heavy atom. The molecule has 0 saturated carbocycles. The van der Waals surface area contributed by atoms with Crippen molar-refractivity contribution in [1.29, 1.82) is 0 Å². The quantitative estimate of drug-likeness (QED) is 0.399. The van der Waals surface area contributed by atoms with Gasteiger partial charge in [-0.15, -0.1) is 6.58 Å². The van der Waals surface area contributed by atoms with Crippen LogP contribution in [0.3, 0.4) is 0 Å². The van der Waals surface area contributed by atoms with Gasteiger partial charge in [-0.25, -0.2) is 0 Å². The lowest BCUT2D eigenvalue weighted by Crippen LogP contribution is -2.33. The molecule has 0 unspecified atom stereocenters. The lowest BCUT2D eigenvalue weighted by Gasteiger charge is -2.21. The molecule has 1 atom stereocenters. The molecule has 0 aliphatic rings. The normalized spacial score (nSPS) is 12.9. The first-order valence-electron chi connectivity index (χ1n) is 5.52. The van der Waals surface area contributed by atoms with Gasteiger partial charge in [-0.1, -0.05) is 6.08 Å². The maximum Gasteiger partial charge on any atom is 0.308 e. The number of carbonyl (C=O) groups is 2. The molecular weight excluding hydrogens is 222 g/mol. The van der Waals surface area contributed by atoms with Crippen molar-refractivity contribution in [3.05, 3.63) is 12.7 Å². The predicted molar refractivity (Wildman–Crippen MR) is 64.7 cm³/mol. The first-order chi connectivity index (χ1) is 7.76. The maximum atomic E-state index is 11.5. The van der Waals surface area contributed by atoms with Crippen LogP contribution in [0, 0.1) is 5.92 Å². The Labute approximate surface area is 102 Å². The molecule has 0 heterocycles. The molecule has 5 heteroatoms. The van der Waals surface area contributed by atoms with Crippen LogP contribution < -0.4 is 5.32 Å². The molecule has 0 aromatic rings. The van der Waals surface area contributed by atoms with E-state index in [2.05, 4.69) is 11.9 Å². The Bertz CT molecular complexity index is 281. The summed E-state index contributed by atoms with van der Waals surface area (Å²) in [5.74, 6) is -2.28. The first kappa shape index (κ1) is 15.6. The molecule has 2 N–H and O–H groups in total. The van der Waals surface area contributed by atoms with E-state index in [1.807, 2.05) is 0 Å². The number of aliphatic carboxylic acids is 1. The highest BCUT2D eigenvalue weighted by Crippen LogP contribution is 2.11. The number of ether oxygens (including phenoxy) is 1. The number of hydrogen-bond acceptors (Lipinski definition) is 4. The van der Waals surface area contributed by atoms with Crippen molar-refractivity contribution in [2.45, 2.75) is 32.8 Å². The van der Waals surface area contributed by atoms with Gasteiger partial charge in [0.1, 0.15) is 5.60 Å². The number of esters is 1. The molecule has 0 rings (SSSR count). The van der Waals surface area contributed by atoms with E-state index in [-0.39, 0.29) is 13.0 Å². The Morgan fingerprint density at radius 2 is 2.06 bits per heavy atom. The van der Waals surface area contributed by atoms with Crippen molar-refractivity contribution in [2.75, 3.05) is 13.1 Å². The van der Waals surface area contributed by atoms with Gasteiger partial charge in [0.15, 0.2) is 0 Å². The maximum absolute atomic E-state index is 11.5. The zero-order valence-corrected chi connectivity index (χ0v) is 10.7. The Balaban J connectivity index is 4.20. The summed E-state index contributed by atoms with van der Waals surface area (Å²) in [5.41, 5.74) is -0.589. The molecule has 0 spiro atoms. The van der Waals surface area contributed by atoms with Crippen molar-refractivity contribution in [2.24, 2.45) is 5.92 Å². The van der Waals surface area contributed by atoms with Gasteiger partial charge in [-0.2, -0.15) is 0 Å². The highest BCUT2D eigenvalue weighted by atomic mass is 16.6. The number of carboxylic acids is 1. The second-order valence-corrected chi connectivity index (χ2v) is 4.77. The zero-order valence-electron chi connectivity index (χ0n) is 10.7. The summed E-state index contributed by atoms with van der Waals surface area (Å²) < 4.78 is 5.07. The second-order valence-electron chi connectivity index (χ2n) is 4.77. The topological polar surface area (TPSA) is 75.6 Å². The molecule has 0 fully saturated rings. The van der Waals surface area contributed by atoms with Crippen LogP contribution in [0.4, 0.5) is 0 Å². The van der Waals surface area contributed by atoms with Crippen LogP contribution in [0.1, 0.15) is 27.2 Å². The van der Waals surface area contributed by atoms with Crippen LogP contribution in [-0.4, -0.2) is 35.7 Å². The van der Waals surface area contributed by atoms with Crippen molar-refractivity contribution in [3.63, 3.8) is 0 Å². The Kier molecular flexibility index (Phi) is 6.50. The summed E-state index contributed by atoms with van der Waals surface area (Å²) in [4.78, 5) is 22.4. The smallest absolute Gasteiger partial charge is 0.308 e. The molecule has 0 aromatic carbocycles. The van der Waals surface area contributed by atoms with Gasteiger partial charge in [0.2, 0.25) is 0 Å². The molecule has 0 amide bonds. The van der Waals surface area contributed by atoms with E-state index in [0.717, 1.165) is 0 Å². The predicted octanol–water partition coefficient (Wildman–Crippen LogP) is 1.19. The summed E-state index contributed by atoms with van der Waals surface area (Å²) in [6, 6.07) is 0. The highest BCUT2D eigenvalue weighted by molar-refractivity contribution is 5.79. The number of hydrogen-bond donors (Lipinski definition) is 2. The minimum absolute atomic E-state index is 0.128. The van der Waals surface area contributed by atoms with Gasteiger partial charge in [0.25, 0.3) is 0 Å². The summed E-state index contributed by atoms with van der Waals surface area (Å²) in [7, 11) is 0. The van der Waals surface area contributed by atoms with Crippen molar-refractivity contribution >= 4 is 11.9 Å². The van der Waals surface area contributed by atoms with E-state index < -0.39 is 23.5 Å². The summed E-state index contributed by atoms with van der Waals surface area (Å²) in [6.07, 6.45) is 1.50. The minimum Gasteiger partial charge on any atom is -0.481 e. The van der Waals surface area contributed by atoms with Crippen LogP contribution in [0.15, 0.2) is 12.7 Å². The average Bonchev–Trinajstić information content (AvgIpc) is 2.13. The zero-order chi connectivity index (χ0) is 13.5. The largest absolute Gasteiger partial charge is 0.481 e. The van der Waals surface area contributed by atoms with Crippen molar-refractivity contribution in [3.8, 4) is 0 Å². The van der Waals surface area contributed by atoms with E-state index in [1.165, 1.54) is 0 Å². The van der Waals surface area contributed by atoms with Crippen molar-refractivity contribution < 1.29 is 19.4 Å². The van der Waals surface area contributed by atoms with Crippen molar-refractivity contribution in [1.82, 2.24) is 5.32 Å². The van der Waals surface area contributed by atoms with Gasteiger partial charge < -0.3 is 15.2 Å². The fourth-order valence-electron chi connectivity index (χ4n) is 1.19. The summed E-state index contributed by atoms with van der Waals surface area (Å²) in [6.45, 7) is 9.49. The molecular formula is C12H21NO4. The number of rotatable bonds is 7. The van der Waals surface area contributed by atoms with Gasteiger partial charge in [-0.3, -0.25) is 9.59 Å². The van der Waals surface area contributed by atoms with Crippen LogP contribution in [-0.2, 0) is 14.3 Å². The SMILES string of the molecule is C=CCNC[C@H](CC(=O)OC(C)(C)C)C(=O)O. The van der Waals surface area contributed by atoms with E-state index >= 15 is 0 Å². The van der Waals surface area contributed by atoms with E-state index in [1.54, 1.807) is 26.8 Å². The molecule has 0 saturated heterocycles. The van der Waals surface area contributed by atoms with Gasteiger partial charge in [0.05, 0.1) is 12.3 Å². The van der Waals surface area contributed by atoms with Gasteiger partial charge in [0, 0.05) is 13.1 Å². The highest BCUT2D eigenvalue weighted by Gasteiger charge is 2.24. The molecule has 17 heavy (non-hydrogen) atoms. The van der Waals surface area contributed by atoms with Crippen LogP contribution >= 0.6 is 0 Å². The van der Waals surface area contributed by atoms with E-state index in [0.29, 0.717) is 6.54 Å². The van der Waals surface area contributed by atoms with Crippen LogP contribution in [0.5, 0.6) is 0 Å². The molecule has 5 nitrogen and oxygen atoms in total. The summed E-state index contributed by atoms with van der Waals surface area (Å²) in [5, 5.41) is 11.8. The molecule has 98 valence electrons. The monoisotopic (exact) mass is 243 g/mol. The van der Waals surface area contributed by atoms with E-state index in [4.69, 9.17) is 9.84 Å². The fourth-order valence-corrected chi connectivity index (χ4v) is 1.19. The minimum atomic E-state index is -1.01. The standard InChI is InChI=1S/C12H21NO4/c1-5-6-13-8-9(11(15)16)7-10(14)17-12(2,3)4/h5,9,13H,1,6-8H2,2-4H3,(H,15,16)/t9-/m0/s1. The van der Waals surface area contributed by atoms with E-state index in [9.17, 15) is 9.59 Å². The number of carboxylic acid groups (broad SMARTS) is 1. The third kappa shape index (κ3) is 8.45. The molecule has 0 aromatic heterocycles. The first-order valence-corrected chi connectivity index (χ1v) is 5.52. The fraction of sp³-hybridized carbons (Fsp3) is 0.667. The molecule has 0 radical (unpaired) electrons. The lowest BCUT2D eigenvalue weighted by molar-refractivity contribution is -0.159. The molecule has 0 aliphatic carbocycles. The lowest BCUT2D eigenvalue weighted by atomic mass is 10.1. The van der Waals surface area contributed by atoms with Crippen LogP contribution in [0.25, 0.3) is 0 Å². The second kappa shape index (κ2) is 7.06. The number of carbonyl (C=O) groups excluding carboxylic acids is 1. The summed E-state index contributed by atoms with van der Waals surface area (Å²) >= 11 is 0. The molecule has 0 bridgehead atoms. The Morgan fingerprint density at radius 3 is 2.47 bits per heavy atom. The Hall–Kier alpha value is -1.36. The van der Waals surface area contributed by atoms with Gasteiger partial charge >= 0.3 is 11.9 Å². The van der Waals surface area contributed by atoms with Gasteiger partial charge in [-0.05, 0) is 20.8 Å². The third-order valence-corrected chi connectivity index (χ3v) is 1.86. The molecule has 0 aliphatic heterocycles.